The van der Waals surface area contributed by atoms with Crippen molar-refractivity contribution in [3.05, 3.63) is 59.3 Å². The van der Waals surface area contributed by atoms with Crippen LogP contribution in [0.15, 0.2) is 42.5 Å². The van der Waals surface area contributed by atoms with Crippen molar-refractivity contribution in [2.24, 2.45) is 0 Å². The number of benzene rings is 1. The van der Waals surface area contributed by atoms with Crippen molar-refractivity contribution in [2.75, 3.05) is 11.9 Å². The Hall–Kier alpha value is -2.87. The van der Waals surface area contributed by atoms with Gasteiger partial charge in [-0.15, -0.1) is 0 Å². The van der Waals surface area contributed by atoms with Crippen molar-refractivity contribution >= 4 is 11.7 Å². The lowest BCUT2D eigenvalue weighted by atomic mass is 10.1. The Bertz CT molecular complexity index is 801. The molecule has 1 saturated heterocycles. The normalized spacial score (nSPS) is 20.0. The smallest absolute Gasteiger partial charge is 0.225 e. The van der Waals surface area contributed by atoms with E-state index in [0.29, 0.717) is 24.5 Å². The van der Waals surface area contributed by atoms with E-state index in [9.17, 15) is 4.79 Å². The van der Waals surface area contributed by atoms with Crippen molar-refractivity contribution in [1.29, 1.82) is 5.26 Å². The van der Waals surface area contributed by atoms with E-state index in [0.717, 1.165) is 12.8 Å². The molecule has 1 N–H and O–H groups in total. The number of carbonyl (C=O) groups excluding carboxylic acids is 1. The summed E-state index contributed by atoms with van der Waals surface area (Å²) in [5.41, 5.74) is 3.10. The van der Waals surface area contributed by atoms with Gasteiger partial charge in [0.1, 0.15) is 17.6 Å². The molecule has 0 spiro atoms. The summed E-state index contributed by atoms with van der Waals surface area (Å²) in [6.07, 6.45) is 2.36. The molecule has 0 bridgehead atoms. The van der Waals surface area contributed by atoms with Gasteiger partial charge in [0, 0.05) is 19.0 Å². The van der Waals surface area contributed by atoms with Crippen LogP contribution < -0.4 is 5.32 Å². The zero-order valence-corrected chi connectivity index (χ0v) is 13.3. The van der Waals surface area contributed by atoms with Gasteiger partial charge < -0.3 is 10.2 Å². The van der Waals surface area contributed by atoms with Crippen LogP contribution in [0.1, 0.15) is 23.2 Å². The molecule has 1 aliphatic carbocycles. The topological polar surface area (TPSA) is 69.0 Å². The second kappa shape index (κ2) is 5.97. The maximum atomic E-state index is 12.4. The first-order chi connectivity index (χ1) is 11.7. The van der Waals surface area contributed by atoms with Crippen molar-refractivity contribution < 1.29 is 4.79 Å². The second-order valence-electron chi connectivity index (χ2n) is 6.44. The molecule has 1 aliphatic heterocycles. The highest BCUT2D eigenvalue weighted by Gasteiger charge is 2.37. The Morgan fingerprint density at radius 1 is 1.08 bits per heavy atom. The lowest BCUT2D eigenvalue weighted by molar-refractivity contribution is -0.129. The second-order valence-corrected chi connectivity index (χ2v) is 6.44. The molecule has 0 saturated carbocycles. The Labute approximate surface area is 140 Å². The standard InChI is InChI=1S/C19H18N4O/c20-11-15-6-3-7-18(21-15)22-16-10-19(24)23(12-16)17-8-13-4-1-2-5-14(13)9-17/h1-7,16-17H,8-10,12H2,(H,21,22). The van der Waals surface area contributed by atoms with Crippen molar-refractivity contribution in [2.45, 2.75) is 31.3 Å². The summed E-state index contributed by atoms with van der Waals surface area (Å²) in [6, 6.07) is 16.1. The first-order valence-corrected chi connectivity index (χ1v) is 8.23. The average Bonchev–Trinajstić information content (AvgIpc) is 3.18. The first kappa shape index (κ1) is 14.7. The quantitative estimate of drug-likeness (QED) is 0.941. The minimum atomic E-state index is 0.0441. The number of nitrogens with zero attached hydrogens (tertiary/aromatic N) is 3. The zero-order valence-electron chi connectivity index (χ0n) is 13.3. The fourth-order valence-electron chi connectivity index (χ4n) is 3.72. The van der Waals surface area contributed by atoms with Gasteiger partial charge in [-0.1, -0.05) is 30.3 Å². The van der Waals surface area contributed by atoms with E-state index in [1.165, 1.54) is 11.1 Å². The molecule has 24 heavy (non-hydrogen) atoms. The Kier molecular flexibility index (Phi) is 3.66. The number of rotatable bonds is 3. The highest BCUT2D eigenvalue weighted by Crippen LogP contribution is 2.28. The van der Waals surface area contributed by atoms with E-state index >= 15 is 0 Å². The molecule has 1 amide bonds. The number of anilines is 1. The number of amides is 1. The Morgan fingerprint density at radius 2 is 1.83 bits per heavy atom. The highest BCUT2D eigenvalue weighted by atomic mass is 16.2. The van der Waals surface area contributed by atoms with Crippen LogP contribution in [-0.2, 0) is 17.6 Å². The number of nitriles is 1. The first-order valence-electron chi connectivity index (χ1n) is 8.23. The Balaban J connectivity index is 1.43. The van der Waals surface area contributed by atoms with Crippen LogP contribution in [0.5, 0.6) is 0 Å². The number of fused-ring (bicyclic) bond motifs is 1. The summed E-state index contributed by atoms with van der Waals surface area (Å²) in [6.45, 7) is 0.690. The SMILES string of the molecule is N#Cc1cccc(NC2CC(=O)N(C3Cc4ccccc4C3)C2)n1. The van der Waals surface area contributed by atoms with E-state index in [-0.39, 0.29) is 18.0 Å². The fraction of sp³-hybridized carbons (Fsp3) is 0.316. The molecule has 1 aromatic heterocycles. The van der Waals surface area contributed by atoms with E-state index in [4.69, 9.17) is 5.26 Å². The lowest BCUT2D eigenvalue weighted by Crippen LogP contribution is -2.38. The van der Waals surface area contributed by atoms with E-state index < -0.39 is 0 Å². The average molecular weight is 318 g/mol. The summed E-state index contributed by atoms with van der Waals surface area (Å²) in [5, 5.41) is 12.2. The van der Waals surface area contributed by atoms with Gasteiger partial charge in [0.05, 0.1) is 6.04 Å². The van der Waals surface area contributed by atoms with Crippen LogP contribution in [0.25, 0.3) is 0 Å². The number of aromatic nitrogens is 1. The van der Waals surface area contributed by atoms with Gasteiger partial charge in [0.15, 0.2) is 0 Å². The summed E-state index contributed by atoms with van der Waals surface area (Å²) in [5.74, 6) is 0.852. The predicted octanol–water partition coefficient (Wildman–Crippen LogP) is 2.13. The van der Waals surface area contributed by atoms with E-state index in [2.05, 4.69) is 34.6 Å². The summed E-state index contributed by atoms with van der Waals surface area (Å²) in [7, 11) is 0. The number of hydrogen-bond donors (Lipinski definition) is 1. The minimum absolute atomic E-state index is 0.0441. The molecule has 2 heterocycles. The number of hydrogen-bond acceptors (Lipinski definition) is 4. The van der Waals surface area contributed by atoms with Gasteiger partial charge in [0.2, 0.25) is 5.91 Å². The van der Waals surface area contributed by atoms with Crippen molar-refractivity contribution in [3.8, 4) is 6.07 Å². The van der Waals surface area contributed by atoms with Gasteiger partial charge >= 0.3 is 0 Å². The van der Waals surface area contributed by atoms with Crippen LogP contribution in [-0.4, -0.2) is 34.4 Å². The van der Waals surface area contributed by atoms with Crippen LogP contribution >= 0.6 is 0 Å². The third-order valence-electron chi connectivity index (χ3n) is 4.84. The minimum Gasteiger partial charge on any atom is -0.365 e. The number of pyridine rings is 1. The van der Waals surface area contributed by atoms with E-state index in [1.54, 1.807) is 12.1 Å². The molecule has 120 valence electrons. The van der Waals surface area contributed by atoms with Gasteiger partial charge in [-0.25, -0.2) is 4.98 Å². The molecule has 5 heteroatoms. The molecule has 1 atom stereocenters. The summed E-state index contributed by atoms with van der Waals surface area (Å²) in [4.78, 5) is 18.7. The molecule has 1 unspecified atom stereocenters. The fourth-order valence-corrected chi connectivity index (χ4v) is 3.72. The summed E-state index contributed by atoms with van der Waals surface area (Å²) >= 11 is 0. The van der Waals surface area contributed by atoms with Gasteiger partial charge in [-0.05, 0) is 36.1 Å². The molecule has 1 aromatic carbocycles. The van der Waals surface area contributed by atoms with Crippen LogP contribution in [0, 0.1) is 11.3 Å². The molecule has 5 nitrogen and oxygen atoms in total. The van der Waals surface area contributed by atoms with Gasteiger partial charge in [-0.2, -0.15) is 5.26 Å². The molecule has 2 aromatic rings. The monoisotopic (exact) mass is 318 g/mol. The van der Waals surface area contributed by atoms with Crippen molar-refractivity contribution in [1.82, 2.24) is 9.88 Å². The molecule has 2 aliphatic rings. The van der Waals surface area contributed by atoms with Crippen LogP contribution in [0.2, 0.25) is 0 Å². The molecule has 4 rings (SSSR count). The third kappa shape index (κ3) is 2.71. The maximum absolute atomic E-state index is 12.4. The number of nitrogens with one attached hydrogen (secondary N) is 1. The summed E-state index contributed by atoms with van der Waals surface area (Å²) < 4.78 is 0. The molecular formula is C19H18N4O. The molecule has 0 radical (unpaired) electrons. The zero-order chi connectivity index (χ0) is 16.5. The van der Waals surface area contributed by atoms with Gasteiger partial charge in [0.25, 0.3) is 0 Å². The number of likely N-dealkylation sites (tertiary alicyclic amines) is 1. The largest absolute Gasteiger partial charge is 0.365 e. The molecular weight excluding hydrogens is 300 g/mol. The third-order valence-corrected chi connectivity index (χ3v) is 4.84. The van der Waals surface area contributed by atoms with Crippen molar-refractivity contribution in [3.63, 3.8) is 0 Å². The van der Waals surface area contributed by atoms with Crippen LogP contribution in [0.4, 0.5) is 5.82 Å². The number of carbonyl (C=O) groups is 1. The maximum Gasteiger partial charge on any atom is 0.225 e. The lowest BCUT2D eigenvalue weighted by Gasteiger charge is -2.24. The van der Waals surface area contributed by atoms with Crippen LogP contribution in [0.3, 0.4) is 0 Å². The van der Waals surface area contributed by atoms with Gasteiger partial charge in [-0.3, -0.25) is 4.79 Å². The predicted molar refractivity (Wildman–Crippen MR) is 90.3 cm³/mol. The van der Waals surface area contributed by atoms with E-state index in [1.807, 2.05) is 17.0 Å². The Morgan fingerprint density at radius 3 is 2.54 bits per heavy atom. The molecule has 1 fully saturated rings. The highest BCUT2D eigenvalue weighted by molar-refractivity contribution is 5.80.